The molecule has 5 heterocycles. The molecule has 20 nitrogen and oxygen atoms in total. The first-order valence-corrected chi connectivity index (χ1v) is 27.2. The molecule has 2 aromatic rings. The maximum absolute atomic E-state index is 14.6. The van der Waals surface area contributed by atoms with Gasteiger partial charge in [0.25, 0.3) is 0 Å². The molecule has 4 fully saturated rings. The first-order valence-electron chi connectivity index (χ1n) is 27.2. The molecule has 424 valence electrons. The monoisotopic (exact) mass is 1060 g/mol. The van der Waals surface area contributed by atoms with Gasteiger partial charge in [-0.1, -0.05) is 32.9 Å². The van der Waals surface area contributed by atoms with Gasteiger partial charge in [-0.05, 0) is 144 Å². The van der Waals surface area contributed by atoms with Crippen LogP contribution in [0, 0.1) is 23.7 Å². The second-order valence-electron chi connectivity index (χ2n) is 23.4. The van der Waals surface area contributed by atoms with E-state index in [2.05, 4.69) is 15.2 Å². The number of aryl methyl sites for hydroxylation is 1. The molecule has 0 radical (unpaired) electrons. The largest absolute Gasteiger partial charge is 0.459 e. The number of unbranched alkanes of at least 4 members (excludes halogenated alkanes) is 1. The van der Waals surface area contributed by atoms with E-state index in [0.29, 0.717) is 50.3 Å². The molecule has 4 aliphatic heterocycles. The maximum atomic E-state index is 14.6. The van der Waals surface area contributed by atoms with Crippen LogP contribution in [0.1, 0.15) is 131 Å². The van der Waals surface area contributed by atoms with E-state index < -0.39 is 108 Å². The Morgan fingerprint density at radius 3 is 2.25 bits per heavy atom. The van der Waals surface area contributed by atoms with Crippen molar-refractivity contribution in [2.24, 2.45) is 23.7 Å². The number of benzene rings is 1. The van der Waals surface area contributed by atoms with Crippen molar-refractivity contribution in [3.05, 3.63) is 41.7 Å². The fraction of sp³-hybridized carbons (Fsp3) is 0.800. The van der Waals surface area contributed by atoms with Crippen LogP contribution in [-0.2, 0) is 46.2 Å². The van der Waals surface area contributed by atoms with Crippen LogP contribution in [0.4, 0.5) is 10.5 Å². The lowest BCUT2D eigenvalue weighted by molar-refractivity contribution is -0.303. The number of methoxy groups -OCH3 is 1. The van der Waals surface area contributed by atoms with Crippen molar-refractivity contribution < 1.29 is 68.3 Å². The number of nitrogens with zero attached hydrogens (tertiary/aromatic N) is 6. The number of anilines is 1. The van der Waals surface area contributed by atoms with Crippen LogP contribution in [0.3, 0.4) is 0 Å². The van der Waals surface area contributed by atoms with Gasteiger partial charge >= 0.3 is 12.1 Å². The quantitative estimate of drug-likeness (QED) is 0.0943. The molecular weight excluding hydrogens is 969 g/mol. The molecule has 19 atom stereocenters. The molecule has 5 N–H and O–H groups in total. The number of carbonyl (C=O) groups excluding carboxylic acids is 3. The van der Waals surface area contributed by atoms with E-state index in [9.17, 15) is 39.9 Å². The van der Waals surface area contributed by atoms with Crippen molar-refractivity contribution in [2.75, 3.05) is 45.7 Å². The van der Waals surface area contributed by atoms with Crippen LogP contribution < -0.4 is 4.90 Å². The standard InChI is InChI=1S/C55H90N6O14/c1-15-44-55(11,69)47(64)35(6)59(13)27-31(2)25-53(9,68)49(33(4)45(34(5)50(66)74-44)43-26-54(10,70-14)48(65)37(8)72-43)75-51-46(63)42(24-32(3)71-51)58(12)23-17-16-18-39-28-60(57-56-39)29-41-30-61(52(67)73-41)40-21-19-38(20-22-40)36(7)62/h19-22,28,31-35,37,41-49,51,63-65,68-69H,15-18,23-27,29-30H2,1-14H3/t31-,32-,33+,34-,35-,37+,41+,42+,43-,44-,45?,46-,47-,48+,49-,51+,53-,54-,55-/m1/s1. The maximum Gasteiger partial charge on any atom is 0.414 e. The molecule has 75 heavy (non-hydrogen) atoms. The van der Waals surface area contributed by atoms with Gasteiger partial charge in [0.1, 0.15) is 36.1 Å². The lowest BCUT2D eigenvalue weighted by Crippen LogP contribution is -2.62. The first kappa shape index (κ1) is 60.6. The zero-order valence-corrected chi connectivity index (χ0v) is 47.0. The molecule has 0 bridgehead atoms. The Hall–Kier alpha value is -3.67. The number of ether oxygens (including phenoxy) is 6. The smallest absolute Gasteiger partial charge is 0.414 e. The number of rotatable bonds is 15. The molecular formula is C55H90N6O14. The fourth-order valence-corrected chi connectivity index (χ4v) is 12.5. The van der Waals surface area contributed by atoms with Crippen LogP contribution in [0.15, 0.2) is 30.5 Å². The molecule has 20 heteroatoms. The average molecular weight is 1060 g/mol. The molecule has 1 aromatic carbocycles. The van der Waals surface area contributed by atoms with Gasteiger partial charge in [-0.2, -0.15) is 0 Å². The Morgan fingerprint density at radius 2 is 1.61 bits per heavy atom. The number of esters is 1. The van der Waals surface area contributed by atoms with Crippen LogP contribution >= 0.6 is 0 Å². The van der Waals surface area contributed by atoms with E-state index in [1.165, 1.54) is 21.0 Å². The summed E-state index contributed by atoms with van der Waals surface area (Å²) < 4.78 is 39.5. The summed E-state index contributed by atoms with van der Waals surface area (Å²) >= 11 is 0. The number of carbonyl (C=O) groups is 3. The average Bonchev–Trinajstić information content (AvgIpc) is 3.96. The number of hydrogen-bond acceptors (Lipinski definition) is 18. The van der Waals surface area contributed by atoms with Crippen molar-refractivity contribution >= 4 is 23.5 Å². The number of ketones is 1. The third-order valence-corrected chi connectivity index (χ3v) is 17.1. The van der Waals surface area contributed by atoms with Gasteiger partial charge < -0.3 is 63.8 Å². The van der Waals surface area contributed by atoms with E-state index in [4.69, 9.17) is 28.4 Å². The number of aliphatic hydroxyl groups is 5. The Kier molecular flexibility index (Phi) is 20.2. The van der Waals surface area contributed by atoms with Crippen LogP contribution in [-0.4, -0.2) is 199 Å². The minimum absolute atomic E-state index is 0.0516. The minimum Gasteiger partial charge on any atom is -0.459 e. The highest BCUT2D eigenvalue weighted by Crippen LogP contribution is 2.45. The van der Waals surface area contributed by atoms with Gasteiger partial charge in [-0.15, -0.1) is 5.10 Å². The van der Waals surface area contributed by atoms with Crippen LogP contribution in [0.5, 0.6) is 0 Å². The third kappa shape index (κ3) is 14.0. The van der Waals surface area contributed by atoms with Gasteiger partial charge in [0, 0.05) is 55.5 Å². The van der Waals surface area contributed by atoms with E-state index in [1.54, 1.807) is 68.5 Å². The van der Waals surface area contributed by atoms with Crippen molar-refractivity contribution in [2.45, 2.75) is 218 Å². The van der Waals surface area contributed by atoms with Crippen molar-refractivity contribution in [3.63, 3.8) is 0 Å². The second kappa shape index (κ2) is 25.0. The van der Waals surface area contributed by atoms with Crippen LogP contribution in [0.25, 0.3) is 0 Å². The van der Waals surface area contributed by atoms with Gasteiger partial charge in [-0.3, -0.25) is 14.5 Å². The molecule has 1 unspecified atom stereocenters. The molecule has 1 aromatic heterocycles. The lowest BCUT2D eigenvalue weighted by atomic mass is 9.68. The number of aliphatic hydroxyl groups excluding tert-OH is 3. The molecule has 4 saturated heterocycles. The zero-order valence-electron chi connectivity index (χ0n) is 47.0. The zero-order chi connectivity index (χ0) is 55.5. The summed E-state index contributed by atoms with van der Waals surface area (Å²) in [6.07, 6.45) is -4.16. The first-order chi connectivity index (χ1) is 35.1. The predicted molar refractivity (Wildman–Crippen MR) is 279 cm³/mol. The van der Waals surface area contributed by atoms with Gasteiger partial charge in [0.05, 0.1) is 60.3 Å². The second-order valence-corrected chi connectivity index (χ2v) is 23.4. The highest BCUT2D eigenvalue weighted by molar-refractivity contribution is 5.95. The van der Waals surface area contributed by atoms with E-state index in [-0.39, 0.29) is 43.1 Å². The van der Waals surface area contributed by atoms with E-state index >= 15 is 0 Å². The van der Waals surface area contributed by atoms with Crippen molar-refractivity contribution in [1.29, 1.82) is 0 Å². The summed E-state index contributed by atoms with van der Waals surface area (Å²) in [4.78, 5) is 44.7. The summed E-state index contributed by atoms with van der Waals surface area (Å²) in [5.41, 5.74) is -2.46. The number of cyclic esters (lactones) is 2. The molecule has 4 aliphatic rings. The topological polar surface area (TPSA) is 248 Å². The van der Waals surface area contributed by atoms with E-state index in [0.717, 1.165) is 18.5 Å². The molecule has 6 rings (SSSR count). The molecule has 1 amide bonds. The Balaban J connectivity index is 1.17. The summed E-state index contributed by atoms with van der Waals surface area (Å²) in [6, 6.07) is 5.91. The number of likely N-dealkylation sites (N-methyl/N-ethyl adjacent to an activating group) is 2. The third-order valence-electron chi connectivity index (χ3n) is 17.1. The van der Waals surface area contributed by atoms with Crippen molar-refractivity contribution in [3.8, 4) is 0 Å². The molecule has 0 spiro atoms. The number of Topliss-reactive ketones (excluding diaryl/α,β-unsaturated/α-hetero) is 1. The Labute approximate surface area is 444 Å². The van der Waals surface area contributed by atoms with Crippen LogP contribution in [0.2, 0.25) is 0 Å². The highest BCUT2D eigenvalue weighted by atomic mass is 16.7. The summed E-state index contributed by atoms with van der Waals surface area (Å²) in [5, 5.41) is 68.8. The molecule has 0 saturated carbocycles. The lowest BCUT2D eigenvalue weighted by Gasteiger charge is -2.51. The number of hydrogen-bond donors (Lipinski definition) is 5. The Morgan fingerprint density at radius 1 is 0.933 bits per heavy atom. The summed E-state index contributed by atoms with van der Waals surface area (Å²) in [7, 11) is 5.34. The summed E-state index contributed by atoms with van der Waals surface area (Å²) in [6.45, 7) is 21.2. The SMILES string of the molecule is CC[C@H]1OC(=O)[C@H](C)C([C@H]2C[C@@](C)(OC)[C@@H](O)[C@H](C)O2)[C@H](C)[C@@H](O[C@@H]2O[C@H](C)C[C@H](N(C)CCCCc3cn(C[C@H]4CN(c5ccc(C(C)=O)cc5)C(=O)O4)nn3)[C@H]2O)[C@](C)(O)C[C@@H](C)CN(C)[C@H](C)[C@@H](O)[C@]1(C)O. The number of amides is 1. The number of aromatic nitrogens is 3. The van der Waals surface area contributed by atoms with E-state index in [1.807, 2.05) is 52.9 Å². The predicted octanol–water partition coefficient (Wildman–Crippen LogP) is 4.39. The summed E-state index contributed by atoms with van der Waals surface area (Å²) in [5.74, 6) is -3.21. The normalized spacial score (nSPS) is 40.0. The minimum atomic E-state index is -1.82. The van der Waals surface area contributed by atoms with Gasteiger partial charge in [-0.25, -0.2) is 9.48 Å². The molecule has 0 aliphatic carbocycles. The van der Waals surface area contributed by atoms with Gasteiger partial charge in [0.2, 0.25) is 0 Å². The fourth-order valence-electron chi connectivity index (χ4n) is 12.5. The highest BCUT2D eigenvalue weighted by Gasteiger charge is 2.55. The van der Waals surface area contributed by atoms with Crippen molar-refractivity contribution in [1.82, 2.24) is 24.8 Å². The van der Waals surface area contributed by atoms with Gasteiger partial charge in [0.15, 0.2) is 12.1 Å². The Bertz CT molecular complexity index is 2200.